The van der Waals surface area contributed by atoms with Gasteiger partial charge in [0.2, 0.25) is 0 Å². The molecule has 0 spiro atoms. The first-order valence-electron chi connectivity index (χ1n) is 11.6. The van der Waals surface area contributed by atoms with E-state index in [1.807, 2.05) is 6.08 Å². The van der Waals surface area contributed by atoms with Crippen LogP contribution in [-0.2, 0) is 4.79 Å². The number of aliphatic carboxylic acids is 1. The lowest BCUT2D eigenvalue weighted by molar-refractivity contribution is -0.137. The molecule has 7 atom stereocenters. The first-order chi connectivity index (χ1) is 13.3. The van der Waals surface area contributed by atoms with Gasteiger partial charge in [-0.1, -0.05) is 31.6 Å². The molecular weight excluding hydrogens is 348 g/mol. The van der Waals surface area contributed by atoms with Crippen LogP contribution in [0.2, 0.25) is 0 Å². The number of aliphatic hydroxyl groups excluding tert-OH is 1. The number of carbonyl (C=O) groups is 1. The van der Waals surface area contributed by atoms with Crippen molar-refractivity contribution in [3.63, 3.8) is 0 Å². The molecule has 2 N–H and O–H groups in total. The molecule has 0 heterocycles. The summed E-state index contributed by atoms with van der Waals surface area (Å²) in [5.74, 6) is 2.56. The van der Waals surface area contributed by atoms with Crippen LogP contribution in [0.15, 0.2) is 24.3 Å². The van der Waals surface area contributed by atoms with Crippen molar-refractivity contribution in [1.82, 2.24) is 0 Å². The Balaban J connectivity index is 1.63. The Bertz CT molecular complexity index is 595. The van der Waals surface area contributed by atoms with Crippen LogP contribution in [0.25, 0.3) is 0 Å². The van der Waals surface area contributed by atoms with Crippen molar-refractivity contribution in [1.29, 1.82) is 0 Å². The van der Waals surface area contributed by atoms with Crippen LogP contribution < -0.4 is 0 Å². The number of carboxylic acids is 1. The molecule has 0 aromatic carbocycles. The largest absolute Gasteiger partial charge is 0.481 e. The zero-order valence-electron chi connectivity index (χ0n) is 17.9. The second-order valence-corrected chi connectivity index (χ2v) is 10.2. The summed E-state index contributed by atoms with van der Waals surface area (Å²) in [5, 5.41) is 19.4. The Labute approximate surface area is 171 Å². The lowest BCUT2D eigenvalue weighted by Gasteiger charge is -2.49. The first kappa shape index (κ1) is 21.6. The van der Waals surface area contributed by atoms with Gasteiger partial charge in [-0.3, -0.25) is 4.79 Å². The number of carboxylic acid groups (broad SMARTS) is 1. The zero-order valence-corrected chi connectivity index (χ0v) is 17.9. The Morgan fingerprint density at radius 3 is 2.86 bits per heavy atom. The Hall–Kier alpha value is -1.09. The molecule has 3 nitrogen and oxygen atoms in total. The van der Waals surface area contributed by atoms with E-state index in [0.717, 1.165) is 38.0 Å². The van der Waals surface area contributed by atoms with Crippen molar-refractivity contribution in [2.75, 3.05) is 0 Å². The number of fused-ring (bicyclic) bond motifs is 3. The standard InChI is InChI=1S/C25H40O3/c1-4-5-6-20(26)16-18-8-9-21-19(15-18)13-14-25(3)22(10-11-23(21)25)17(2)7-12-24(27)28/h4,9,17-20,22-23,26H,1,5-8,10-16H2,2-3H3,(H,27,28)/t17-,18?,19-,20-,22-,23+,25-/m1/s1. The molecule has 3 aliphatic carbocycles. The lowest BCUT2D eigenvalue weighted by atomic mass is 9.56. The van der Waals surface area contributed by atoms with E-state index in [1.165, 1.54) is 32.1 Å². The van der Waals surface area contributed by atoms with Crippen LogP contribution in [0, 0.1) is 35.0 Å². The molecule has 0 aromatic rings. The van der Waals surface area contributed by atoms with Crippen molar-refractivity contribution in [2.24, 2.45) is 35.0 Å². The van der Waals surface area contributed by atoms with Crippen LogP contribution >= 0.6 is 0 Å². The molecule has 0 bridgehead atoms. The predicted octanol–water partition coefficient (Wildman–Crippen LogP) is 5.98. The molecule has 2 fully saturated rings. The highest BCUT2D eigenvalue weighted by Crippen LogP contribution is 2.62. The minimum Gasteiger partial charge on any atom is -0.481 e. The quantitative estimate of drug-likeness (QED) is 0.477. The highest BCUT2D eigenvalue weighted by molar-refractivity contribution is 5.66. The highest BCUT2D eigenvalue weighted by Gasteiger charge is 2.53. The molecular formula is C25H40O3. The van der Waals surface area contributed by atoms with Crippen LogP contribution in [0.1, 0.15) is 84.5 Å². The monoisotopic (exact) mass is 388 g/mol. The summed E-state index contributed by atoms with van der Waals surface area (Å²) in [7, 11) is 0. The van der Waals surface area contributed by atoms with Crippen molar-refractivity contribution >= 4 is 5.97 Å². The fraction of sp³-hybridized carbons (Fsp3) is 0.800. The number of hydrogen-bond donors (Lipinski definition) is 2. The Morgan fingerprint density at radius 1 is 1.36 bits per heavy atom. The molecule has 2 saturated carbocycles. The minimum atomic E-state index is -0.661. The van der Waals surface area contributed by atoms with Gasteiger partial charge >= 0.3 is 5.97 Å². The van der Waals surface area contributed by atoms with E-state index in [0.29, 0.717) is 35.5 Å². The van der Waals surface area contributed by atoms with E-state index in [-0.39, 0.29) is 6.10 Å². The Kier molecular flexibility index (Phi) is 7.07. The zero-order chi connectivity index (χ0) is 20.3. The van der Waals surface area contributed by atoms with E-state index < -0.39 is 5.97 Å². The van der Waals surface area contributed by atoms with E-state index in [2.05, 4.69) is 26.5 Å². The molecule has 0 radical (unpaired) electrons. The van der Waals surface area contributed by atoms with Gasteiger partial charge in [-0.05, 0) is 99.2 Å². The van der Waals surface area contributed by atoms with E-state index >= 15 is 0 Å². The third kappa shape index (κ3) is 4.56. The fourth-order valence-electron chi connectivity index (χ4n) is 6.96. The SMILES string of the molecule is C=CCC[C@@H](O)CC1CC=C2[C@H](CC[C@]3(C)[C@@H]([C@H](C)CCC(=O)O)CC[C@@H]23)C1. The van der Waals surface area contributed by atoms with Crippen LogP contribution in [0.5, 0.6) is 0 Å². The maximum atomic E-state index is 11.0. The molecule has 3 heteroatoms. The highest BCUT2D eigenvalue weighted by atomic mass is 16.4. The summed E-state index contributed by atoms with van der Waals surface area (Å²) in [6.07, 6.45) is 15.6. The average Bonchev–Trinajstić information content (AvgIpc) is 3.02. The van der Waals surface area contributed by atoms with Crippen LogP contribution in [-0.4, -0.2) is 22.3 Å². The first-order valence-corrected chi connectivity index (χ1v) is 11.6. The van der Waals surface area contributed by atoms with Crippen LogP contribution in [0.3, 0.4) is 0 Å². The Morgan fingerprint density at radius 2 is 2.14 bits per heavy atom. The molecule has 0 aliphatic heterocycles. The predicted molar refractivity (Wildman–Crippen MR) is 114 cm³/mol. The minimum absolute atomic E-state index is 0.183. The molecule has 158 valence electrons. The van der Waals surface area contributed by atoms with Crippen molar-refractivity contribution in [2.45, 2.75) is 90.6 Å². The third-order valence-corrected chi connectivity index (χ3v) is 8.43. The second kappa shape index (κ2) is 9.15. The number of rotatable bonds is 9. The number of allylic oxidation sites excluding steroid dienone is 3. The smallest absolute Gasteiger partial charge is 0.303 e. The lowest BCUT2D eigenvalue weighted by Crippen LogP contribution is -2.40. The maximum absolute atomic E-state index is 11.0. The van der Waals surface area contributed by atoms with Gasteiger partial charge in [0.1, 0.15) is 0 Å². The average molecular weight is 389 g/mol. The summed E-state index contributed by atoms with van der Waals surface area (Å²) in [5.41, 5.74) is 2.08. The molecule has 1 unspecified atom stereocenters. The molecule has 28 heavy (non-hydrogen) atoms. The van der Waals surface area contributed by atoms with Gasteiger partial charge < -0.3 is 10.2 Å². The van der Waals surface area contributed by atoms with E-state index in [4.69, 9.17) is 5.11 Å². The fourth-order valence-corrected chi connectivity index (χ4v) is 6.96. The van der Waals surface area contributed by atoms with Crippen molar-refractivity contribution < 1.29 is 15.0 Å². The summed E-state index contributed by atoms with van der Waals surface area (Å²) < 4.78 is 0. The number of aliphatic hydroxyl groups is 1. The second-order valence-electron chi connectivity index (χ2n) is 10.2. The van der Waals surface area contributed by atoms with Gasteiger partial charge in [0.15, 0.2) is 0 Å². The molecule has 3 aliphatic rings. The van der Waals surface area contributed by atoms with Crippen molar-refractivity contribution in [3.8, 4) is 0 Å². The normalized spacial score (nSPS) is 36.8. The molecule has 0 amide bonds. The summed E-state index contributed by atoms with van der Waals surface area (Å²) in [6, 6.07) is 0. The number of hydrogen-bond acceptors (Lipinski definition) is 2. The van der Waals surface area contributed by atoms with Gasteiger partial charge in [-0.2, -0.15) is 0 Å². The topological polar surface area (TPSA) is 57.5 Å². The van der Waals surface area contributed by atoms with Gasteiger partial charge in [0.05, 0.1) is 6.10 Å². The maximum Gasteiger partial charge on any atom is 0.303 e. The third-order valence-electron chi connectivity index (χ3n) is 8.43. The summed E-state index contributed by atoms with van der Waals surface area (Å²) in [6.45, 7) is 8.54. The van der Waals surface area contributed by atoms with E-state index in [1.54, 1.807) is 5.57 Å². The molecule has 3 rings (SSSR count). The summed E-state index contributed by atoms with van der Waals surface area (Å²) >= 11 is 0. The van der Waals surface area contributed by atoms with Gasteiger partial charge in [-0.25, -0.2) is 0 Å². The van der Waals surface area contributed by atoms with Gasteiger partial charge in [0.25, 0.3) is 0 Å². The molecule has 0 saturated heterocycles. The van der Waals surface area contributed by atoms with Gasteiger partial charge in [0, 0.05) is 6.42 Å². The van der Waals surface area contributed by atoms with Crippen LogP contribution in [0.4, 0.5) is 0 Å². The van der Waals surface area contributed by atoms with Crippen molar-refractivity contribution in [3.05, 3.63) is 24.3 Å². The summed E-state index contributed by atoms with van der Waals surface area (Å²) in [4.78, 5) is 11.0. The van der Waals surface area contributed by atoms with Gasteiger partial charge in [-0.15, -0.1) is 6.58 Å². The molecule has 0 aromatic heterocycles. The van der Waals surface area contributed by atoms with E-state index in [9.17, 15) is 9.90 Å².